The van der Waals surface area contributed by atoms with Crippen molar-refractivity contribution < 1.29 is 19.1 Å². The van der Waals surface area contributed by atoms with E-state index in [9.17, 15) is 9.59 Å². The Hall–Kier alpha value is -3.45. The molecule has 2 amide bonds. The van der Waals surface area contributed by atoms with Crippen molar-refractivity contribution in [3.63, 3.8) is 0 Å². The fourth-order valence-electron chi connectivity index (χ4n) is 3.49. The number of carbonyl (C=O) groups is 2. The summed E-state index contributed by atoms with van der Waals surface area (Å²) in [7, 11) is 3.08. The van der Waals surface area contributed by atoms with Gasteiger partial charge in [-0.1, -0.05) is 39.0 Å². The highest BCUT2D eigenvalue weighted by Gasteiger charge is 2.19. The van der Waals surface area contributed by atoms with E-state index in [0.717, 1.165) is 10.6 Å². The number of amides is 2. The Morgan fingerprint density at radius 1 is 0.857 bits per heavy atom. The van der Waals surface area contributed by atoms with E-state index >= 15 is 0 Å². The number of hydrogen-bond acceptors (Lipinski definition) is 5. The molecular weight excluding hydrogens is 460 g/mol. The molecule has 0 spiro atoms. The minimum absolute atomic E-state index is 0.0467. The fourth-order valence-corrected chi connectivity index (χ4v) is 4.50. The number of hydrogen-bond donors (Lipinski definition) is 2. The van der Waals surface area contributed by atoms with Crippen LogP contribution in [0.15, 0.2) is 71.6 Å². The van der Waals surface area contributed by atoms with Gasteiger partial charge in [0.2, 0.25) is 5.91 Å². The number of rotatable bonds is 10. The van der Waals surface area contributed by atoms with Gasteiger partial charge in [0.15, 0.2) is 11.5 Å². The number of methoxy groups -OCH3 is 2. The first-order valence-electron chi connectivity index (χ1n) is 11.6. The van der Waals surface area contributed by atoms with Gasteiger partial charge in [-0.05, 0) is 66.4 Å². The van der Waals surface area contributed by atoms with Crippen molar-refractivity contribution in [1.82, 2.24) is 0 Å². The topological polar surface area (TPSA) is 76.7 Å². The van der Waals surface area contributed by atoms with Gasteiger partial charge in [-0.2, -0.15) is 0 Å². The molecule has 3 rings (SSSR count). The van der Waals surface area contributed by atoms with Gasteiger partial charge in [-0.25, -0.2) is 0 Å². The Labute approximate surface area is 211 Å². The second kappa shape index (κ2) is 12.3. The van der Waals surface area contributed by atoms with Gasteiger partial charge >= 0.3 is 0 Å². The van der Waals surface area contributed by atoms with E-state index in [4.69, 9.17) is 9.47 Å². The van der Waals surface area contributed by atoms with Gasteiger partial charge in [0.1, 0.15) is 0 Å². The molecule has 0 fully saturated rings. The third-order valence-corrected chi connectivity index (χ3v) is 6.88. The summed E-state index contributed by atoms with van der Waals surface area (Å²) in [5.41, 5.74) is 3.12. The Morgan fingerprint density at radius 3 is 2.20 bits per heavy atom. The van der Waals surface area contributed by atoms with Crippen LogP contribution in [-0.4, -0.2) is 31.3 Å². The van der Waals surface area contributed by atoms with Gasteiger partial charge < -0.3 is 20.1 Å². The van der Waals surface area contributed by atoms with Crippen LogP contribution in [0.5, 0.6) is 11.5 Å². The van der Waals surface area contributed by atoms with E-state index in [-0.39, 0.29) is 17.1 Å². The molecule has 0 heterocycles. The summed E-state index contributed by atoms with van der Waals surface area (Å²) in [6.07, 6.45) is 0.669. The normalized spacial score (nSPS) is 11.6. The molecule has 3 aromatic rings. The zero-order valence-electron chi connectivity index (χ0n) is 20.8. The smallest absolute Gasteiger partial charge is 0.255 e. The van der Waals surface area contributed by atoms with Gasteiger partial charge in [-0.3, -0.25) is 9.59 Å². The number of ether oxygens (including phenoxy) is 2. The molecule has 0 aliphatic carbocycles. The van der Waals surface area contributed by atoms with E-state index in [0.29, 0.717) is 35.1 Å². The largest absolute Gasteiger partial charge is 0.493 e. The van der Waals surface area contributed by atoms with Crippen LogP contribution in [-0.2, 0) is 4.79 Å². The van der Waals surface area contributed by atoms with Crippen LogP contribution in [0.4, 0.5) is 11.4 Å². The molecule has 2 N–H and O–H groups in total. The van der Waals surface area contributed by atoms with Crippen LogP contribution in [0.25, 0.3) is 0 Å². The summed E-state index contributed by atoms with van der Waals surface area (Å²) in [6, 6.07) is 20.5. The van der Waals surface area contributed by atoms with E-state index in [2.05, 4.69) is 24.5 Å². The van der Waals surface area contributed by atoms with Crippen molar-refractivity contribution in [3.8, 4) is 11.5 Å². The first kappa shape index (κ1) is 26.2. The van der Waals surface area contributed by atoms with Gasteiger partial charge in [0.05, 0.1) is 19.5 Å². The maximum Gasteiger partial charge on any atom is 0.255 e. The molecule has 1 unspecified atom stereocenters. The quantitative estimate of drug-likeness (QED) is 0.312. The Morgan fingerprint density at radius 2 is 1.57 bits per heavy atom. The summed E-state index contributed by atoms with van der Waals surface area (Å²) in [5, 5.41) is 5.66. The first-order valence-corrected chi connectivity index (χ1v) is 12.4. The van der Waals surface area contributed by atoms with Gasteiger partial charge in [0.25, 0.3) is 5.91 Å². The van der Waals surface area contributed by atoms with E-state index in [1.165, 1.54) is 24.4 Å². The average molecular weight is 493 g/mol. The lowest BCUT2D eigenvalue weighted by molar-refractivity contribution is -0.115. The molecule has 0 saturated carbocycles. The van der Waals surface area contributed by atoms with Crippen molar-refractivity contribution >= 4 is 35.0 Å². The highest BCUT2D eigenvalue weighted by molar-refractivity contribution is 8.00. The van der Waals surface area contributed by atoms with Crippen molar-refractivity contribution in [2.45, 2.75) is 43.3 Å². The second-order valence-electron chi connectivity index (χ2n) is 8.33. The molecule has 0 saturated heterocycles. The van der Waals surface area contributed by atoms with Crippen molar-refractivity contribution in [1.29, 1.82) is 0 Å². The Bertz CT molecular complexity index is 1160. The van der Waals surface area contributed by atoms with Crippen molar-refractivity contribution in [2.75, 3.05) is 24.9 Å². The molecular formula is C28H32N2O4S. The monoisotopic (exact) mass is 492 g/mol. The van der Waals surface area contributed by atoms with Crippen LogP contribution in [0.3, 0.4) is 0 Å². The summed E-state index contributed by atoms with van der Waals surface area (Å²) in [5.74, 6) is 1.18. The number of carbonyl (C=O) groups excluding carboxylic acids is 2. The van der Waals surface area contributed by atoms with E-state index in [1.807, 2.05) is 55.5 Å². The molecule has 0 bridgehead atoms. The summed E-state index contributed by atoms with van der Waals surface area (Å²) in [6.45, 7) is 6.27. The number of thioether (sulfide) groups is 1. The van der Waals surface area contributed by atoms with Crippen LogP contribution in [0.1, 0.15) is 49.0 Å². The SMILES string of the molecule is CCC(Sc1cccc(NC(=O)c2ccc(OC)c(OC)c2)c1)C(=O)Nc1ccc(C(C)C)cc1. The van der Waals surface area contributed by atoms with Crippen LogP contribution in [0.2, 0.25) is 0 Å². The molecule has 6 nitrogen and oxygen atoms in total. The standard InChI is InChI=1S/C28H32N2O4S/c1-6-26(28(32)29-21-13-10-19(11-14-21)18(2)3)35-23-9-7-8-22(17-23)30-27(31)20-12-15-24(33-4)25(16-20)34-5/h7-18,26H,6H2,1-5H3,(H,29,32)(H,30,31). The molecule has 7 heteroatoms. The lowest BCUT2D eigenvalue weighted by atomic mass is 10.0. The molecule has 0 aliphatic heterocycles. The summed E-state index contributed by atoms with van der Waals surface area (Å²) >= 11 is 1.47. The summed E-state index contributed by atoms with van der Waals surface area (Å²) in [4.78, 5) is 26.6. The minimum atomic E-state index is -0.267. The minimum Gasteiger partial charge on any atom is -0.493 e. The maximum atomic E-state index is 12.9. The zero-order chi connectivity index (χ0) is 25.4. The number of benzene rings is 3. The predicted molar refractivity (Wildman–Crippen MR) is 143 cm³/mol. The molecule has 3 aromatic carbocycles. The third-order valence-electron chi connectivity index (χ3n) is 5.52. The molecule has 184 valence electrons. The number of nitrogens with one attached hydrogen (secondary N) is 2. The molecule has 35 heavy (non-hydrogen) atoms. The maximum absolute atomic E-state index is 12.9. The second-order valence-corrected chi connectivity index (χ2v) is 9.61. The van der Waals surface area contributed by atoms with E-state index in [1.54, 1.807) is 25.3 Å². The molecule has 1 atom stereocenters. The Kier molecular flexibility index (Phi) is 9.20. The molecule has 0 aliphatic rings. The van der Waals surface area contributed by atoms with E-state index < -0.39 is 0 Å². The highest BCUT2D eigenvalue weighted by Crippen LogP contribution is 2.30. The summed E-state index contributed by atoms with van der Waals surface area (Å²) < 4.78 is 10.5. The third kappa shape index (κ3) is 7.02. The zero-order valence-corrected chi connectivity index (χ0v) is 21.6. The lowest BCUT2D eigenvalue weighted by Gasteiger charge is -2.16. The van der Waals surface area contributed by atoms with Crippen molar-refractivity contribution in [3.05, 3.63) is 77.9 Å². The molecule has 0 aromatic heterocycles. The predicted octanol–water partition coefficient (Wildman–Crippen LogP) is 6.59. The first-order chi connectivity index (χ1) is 16.8. The Balaban J connectivity index is 1.66. The number of anilines is 2. The van der Waals surface area contributed by atoms with Gasteiger partial charge in [-0.15, -0.1) is 11.8 Å². The van der Waals surface area contributed by atoms with Gasteiger partial charge in [0, 0.05) is 21.8 Å². The average Bonchev–Trinajstić information content (AvgIpc) is 2.87. The lowest BCUT2D eigenvalue weighted by Crippen LogP contribution is -2.24. The molecule has 0 radical (unpaired) electrons. The van der Waals surface area contributed by atoms with Crippen LogP contribution in [0, 0.1) is 0 Å². The van der Waals surface area contributed by atoms with Crippen molar-refractivity contribution in [2.24, 2.45) is 0 Å². The highest BCUT2D eigenvalue weighted by atomic mass is 32.2. The fraction of sp³-hybridized carbons (Fsp3) is 0.286. The van der Waals surface area contributed by atoms with Crippen LogP contribution < -0.4 is 20.1 Å². The van der Waals surface area contributed by atoms with Crippen LogP contribution >= 0.6 is 11.8 Å².